The fraction of sp³-hybridized carbons (Fsp3) is 0.400. The molecule has 0 fully saturated rings. The predicted octanol–water partition coefficient (Wildman–Crippen LogP) is 3.18. The number of hydrogen-bond acceptors (Lipinski definition) is 2. The molecule has 96 valence electrons. The van der Waals surface area contributed by atoms with E-state index in [0.29, 0.717) is 5.92 Å². The van der Waals surface area contributed by atoms with Crippen LogP contribution >= 0.6 is 0 Å². The van der Waals surface area contributed by atoms with Gasteiger partial charge in [0, 0.05) is 12.6 Å². The molecule has 0 amide bonds. The fourth-order valence-electron chi connectivity index (χ4n) is 2.27. The van der Waals surface area contributed by atoms with E-state index in [2.05, 4.69) is 38.0 Å². The van der Waals surface area contributed by atoms with Crippen molar-refractivity contribution in [3.63, 3.8) is 0 Å². The summed E-state index contributed by atoms with van der Waals surface area (Å²) in [5.41, 5.74) is 10.8. The monoisotopic (exact) mass is 243 g/mol. The standard InChI is InChI=1S/C15H21N3/c1-10(2)9-13-14(15(16)18(4)17-13)12-8-6-5-7-11(12)3/h5-8,10H,9,16H2,1-4H3. The molecular formula is C15H21N3. The summed E-state index contributed by atoms with van der Waals surface area (Å²) in [5, 5.41) is 4.56. The average molecular weight is 243 g/mol. The van der Waals surface area contributed by atoms with E-state index in [1.54, 1.807) is 4.68 Å². The molecule has 0 unspecified atom stereocenters. The fourth-order valence-corrected chi connectivity index (χ4v) is 2.27. The zero-order valence-electron chi connectivity index (χ0n) is 11.6. The van der Waals surface area contributed by atoms with Gasteiger partial charge in [-0.3, -0.25) is 4.68 Å². The Labute approximate surface area is 109 Å². The van der Waals surface area contributed by atoms with Gasteiger partial charge in [-0.05, 0) is 30.4 Å². The van der Waals surface area contributed by atoms with E-state index < -0.39 is 0 Å². The summed E-state index contributed by atoms with van der Waals surface area (Å²) < 4.78 is 1.78. The molecule has 2 N–H and O–H groups in total. The molecule has 1 aromatic carbocycles. The molecule has 0 saturated heterocycles. The quantitative estimate of drug-likeness (QED) is 0.899. The SMILES string of the molecule is Cc1ccccc1-c1c(CC(C)C)nn(C)c1N. The van der Waals surface area contributed by atoms with Gasteiger partial charge in [-0.2, -0.15) is 5.10 Å². The maximum atomic E-state index is 6.18. The van der Waals surface area contributed by atoms with Gasteiger partial charge in [-0.15, -0.1) is 0 Å². The van der Waals surface area contributed by atoms with E-state index in [1.807, 2.05) is 19.2 Å². The van der Waals surface area contributed by atoms with Crippen LogP contribution in [0.25, 0.3) is 11.1 Å². The highest BCUT2D eigenvalue weighted by atomic mass is 15.3. The van der Waals surface area contributed by atoms with Crippen LogP contribution in [0.4, 0.5) is 5.82 Å². The first-order chi connectivity index (χ1) is 8.50. The highest BCUT2D eigenvalue weighted by Gasteiger charge is 2.17. The van der Waals surface area contributed by atoms with E-state index in [-0.39, 0.29) is 0 Å². The molecule has 0 atom stereocenters. The van der Waals surface area contributed by atoms with Gasteiger partial charge in [0.15, 0.2) is 0 Å². The molecule has 1 heterocycles. The number of benzene rings is 1. The molecule has 3 heteroatoms. The van der Waals surface area contributed by atoms with Gasteiger partial charge in [0.05, 0.1) is 5.69 Å². The van der Waals surface area contributed by atoms with E-state index in [4.69, 9.17) is 5.73 Å². The summed E-state index contributed by atoms with van der Waals surface area (Å²) in [5.74, 6) is 1.32. The molecule has 2 rings (SSSR count). The molecule has 0 spiro atoms. The van der Waals surface area contributed by atoms with Gasteiger partial charge in [-0.25, -0.2) is 0 Å². The summed E-state index contributed by atoms with van der Waals surface area (Å²) >= 11 is 0. The van der Waals surface area contributed by atoms with Crippen LogP contribution in [0.15, 0.2) is 24.3 Å². The molecule has 2 aromatic rings. The average Bonchev–Trinajstić information content (AvgIpc) is 2.55. The lowest BCUT2D eigenvalue weighted by atomic mass is 9.96. The van der Waals surface area contributed by atoms with Gasteiger partial charge in [-0.1, -0.05) is 38.1 Å². The maximum absolute atomic E-state index is 6.18. The van der Waals surface area contributed by atoms with Crippen molar-refractivity contribution in [2.75, 3.05) is 5.73 Å². The largest absolute Gasteiger partial charge is 0.383 e. The van der Waals surface area contributed by atoms with E-state index in [0.717, 1.165) is 23.5 Å². The Kier molecular flexibility index (Phi) is 3.41. The second-order valence-corrected chi connectivity index (χ2v) is 5.24. The Morgan fingerprint density at radius 2 is 1.94 bits per heavy atom. The van der Waals surface area contributed by atoms with Crippen LogP contribution in [0, 0.1) is 12.8 Å². The minimum Gasteiger partial charge on any atom is -0.383 e. The molecule has 0 radical (unpaired) electrons. The van der Waals surface area contributed by atoms with Crippen molar-refractivity contribution in [2.45, 2.75) is 27.2 Å². The summed E-state index contributed by atoms with van der Waals surface area (Å²) in [4.78, 5) is 0. The van der Waals surface area contributed by atoms with Crippen LogP contribution in [0.5, 0.6) is 0 Å². The molecule has 0 saturated carbocycles. The first-order valence-electron chi connectivity index (χ1n) is 6.38. The highest BCUT2D eigenvalue weighted by Crippen LogP contribution is 2.32. The summed E-state index contributed by atoms with van der Waals surface area (Å²) in [7, 11) is 1.90. The Morgan fingerprint density at radius 3 is 2.56 bits per heavy atom. The van der Waals surface area contributed by atoms with Crippen molar-refractivity contribution in [1.82, 2.24) is 9.78 Å². The zero-order valence-corrected chi connectivity index (χ0v) is 11.6. The topological polar surface area (TPSA) is 43.8 Å². The molecule has 3 nitrogen and oxygen atoms in total. The minimum absolute atomic E-state index is 0.571. The Balaban J connectivity index is 2.59. The zero-order chi connectivity index (χ0) is 13.3. The van der Waals surface area contributed by atoms with Gasteiger partial charge >= 0.3 is 0 Å². The number of anilines is 1. The van der Waals surface area contributed by atoms with Crippen molar-refractivity contribution >= 4 is 5.82 Å². The van der Waals surface area contributed by atoms with Crippen LogP contribution in [0.1, 0.15) is 25.1 Å². The molecule has 18 heavy (non-hydrogen) atoms. The van der Waals surface area contributed by atoms with Gasteiger partial charge < -0.3 is 5.73 Å². The Bertz CT molecular complexity index is 553. The third-order valence-corrected chi connectivity index (χ3v) is 3.18. The van der Waals surface area contributed by atoms with Crippen LogP contribution in [0.2, 0.25) is 0 Å². The number of nitrogen functional groups attached to an aromatic ring is 1. The van der Waals surface area contributed by atoms with Crippen LogP contribution < -0.4 is 5.73 Å². The normalized spacial score (nSPS) is 11.2. The predicted molar refractivity (Wildman–Crippen MR) is 76.3 cm³/mol. The third-order valence-electron chi connectivity index (χ3n) is 3.18. The van der Waals surface area contributed by atoms with Crippen LogP contribution in [0.3, 0.4) is 0 Å². The highest BCUT2D eigenvalue weighted by molar-refractivity contribution is 5.78. The Morgan fingerprint density at radius 1 is 1.28 bits per heavy atom. The summed E-state index contributed by atoms with van der Waals surface area (Å²) in [6.07, 6.45) is 0.953. The number of rotatable bonds is 3. The molecule has 0 aliphatic heterocycles. The second kappa shape index (κ2) is 4.84. The number of nitrogens with two attached hydrogens (primary N) is 1. The van der Waals surface area contributed by atoms with Crippen molar-refractivity contribution in [1.29, 1.82) is 0 Å². The number of nitrogens with zero attached hydrogens (tertiary/aromatic N) is 2. The lowest BCUT2D eigenvalue weighted by Gasteiger charge is -2.08. The molecular weight excluding hydrogens is 222 g/mol. The molecule has 1 aromatic heterocycles. The van der Waals surface area contributed by atoms with Gasteiger partial charge in [0.25, 0.3) is 0 Å². The number of hydrogen-bond donors (Lipinski definition) is 1. The molecule has 0 bridgehead atoms. The number of aromatic nitrogens is 2. The molecule has 0 aliphatic carbocycles. The first-order valence-corrected chi connectivity index (χ1v) is 6.38. The lowest BCUT2D eigenvalue weighted by molar-refractivity contribution is 0.622. The summed E-state index contributed by atoms with van der Waals surface area (Å²) in [6, 6.07) is 8.33. The molecule has 0 aliphatic rings. The summed E-state index contributed by atoms with van der Waals surface area (Å²) in [6.45, 7) is 6.51. The lowest BCUT2D eigenvalue weighted by Crippen LogP contribution is -1.98. The van der Waals surface area contributed by atoms with Gasteiger partial charge in [0.1, 0.15) is 5.82 Å². The van der Waals surface area contributed by atoms with Crippen molar-refractivity contribution < 1.29 is 0 Å². The Hall–Kier alpha value is -1.77. The third kappa shape index (κ3) is 2.26. The van der Waals surface area contributed by atoms with E-state index in [9.17, 15) is 0 Å². The van der Waals surface area contributed by atoms with Crippen molar-refractivity contribution in [3.8, 4) is 11.1 Å². The van der Waals surface area contributed by atoms with Crippen LogP contribution in [-0.2, 0) is 13.5 Å². The van der Waals surface area contributed by atoms with E-state index >= 15 is 0 Å². The maximum Gasteiger partial charge on any atom is 0.129 e. The van der Waals surface area contributed by atoms with E-state index in [1.165, 1.54) is 11.1 Å². The smallest absolute Gasteiger partial charge is 0.129 e. The minimum atomic E-state index is 0.571. The van der Waals surface area contributed by atoms with Gasteiger partial charge in [0.2, 0.25) is 0 Å². The number of aryl methyl sites for hydroxylation is 2. The van der Waals surface area contributed by atoms with Crippen molar-refractivity contribution in [2.24, 2.45) is 13.0 Å². The first kappa shape index (κ1) is 12.7. The van der Waals surface area contributed by atoms with Crippen molar-refractivity contribution in [3.05, 3.63) is 35.5 Å². The second-order valence-electron chi connectivity index (χ2n) is 5.24. The van der Waals surface area contributed by atoms with Crippen LogP contribution in [-0.4, -0.2) is 9.78 Å².